The smallest absolute Gasteiger partial charge is 0.258 e. The number of anilines is 2. The minimum absolute atomic E-state index is 0.00235. The van der Waals surface area contributed by atoms with Crippen molar-refractivity contribution in [3.05, 3.63) is 107 Å². The molecule has 2 aliphatic heterocycles. The van der Waals surface area contributed by atoms with E-state index in [1.165, 1.54) is 24.1 Å². The van der Waals surface area contributed by atoms with E-state index in [2.05, 4.69) is 33.4 Å². The highest BCUT2D eigenvalue weighted by Crippen LogP contribution is 2.30. The fraction of sp³-hybridized carbons (Fsp3) is 0.294. The van der Waals surface area contributed by atoms with Crippen molar-refractivity contribution in [1.29, 1.82) is 0 Å². The van der Waals surface area contributed by atoms with Gasteiger partial charge in [-0.1, -0.05) is 48.0 Å². The normalized spacial score (nSPS) is 15.5. The standard InChI is InChI=1S/C34H36N4O2/c1-24-11-13-25(14-12-24)29-8-2-3-9-30(29)33(39)36-27-17-15-26(16-18-27)34(40)38-21-5-4-10-31-32(38)22-28(35-31)23-37-19-6-7-20-37/h2-3,8-9,11-18,22,35H,4-7,10,19-21,23H2,1H3,(H,36,39). The van der Waals surface area contributed by atoms with Gasteiger partial charge in [-0.3, -0.25) is 14.5 Å². The molecule has 6 heteroatoms. The molecule has 0 aliphatic carbocycles. The third kappa shape index (κ3) is 5.58. The Kier molecular flexibility index (Phi) is 7.51. The van der Waals surface area contributed by atoms with Crippen molar-refractivity contribution in [3.63, 3.8) is 0 Å². The molecule has 40 heavy (non-hydrogen) atoms. The fourth-order valence-corrected chi connectivity index (χ4v) is 5.86. The van der Waals surface area contributed by atoms with Crippen LogP contribution in [0.25, 0.3) is 11.1 Å². The molecule has 2 N–H and O–H groups in total. The lowest BCUT2D eigenvalue weighted by Crippen LogP contribution is -2.31. The summed E-state index contributed by atoms with van der Waals surface area (Å²) in [6, 6.07) is 25.2. The SMILES string of the molecule is Cc1ccc(-c2ccccc2C(=O)Nc2ccc(C(=O)N3CCCCc4[nH]c(CN5CCCC5)cc43)cc2)cc1. The Balaban J connectivity index is 1.17. The molecule has 204 valence electrons. The Bertz CT molecular complexity index is 1500. The third-order valence-corrected chi connectivity index (χ3v) is 8.04. The van der Waals surface area contributed by atoms with Crippen molar-refractivity contribution >= 4 is 23.2 Å². The van der Waals surface area contributed by atoms with Gasteiger partial charge in [-0.05, 0) is 99.6 Å². The zero-order valence-corrected chi connectivity index (χ0v) is 23.1. The zero-order chi connectivity index (χ0) is 27.5. The molecule has 3 heterocycles. The maximum absolute atomic E-state index is 13.7. The van der Waals surface area contributed by atoms with Crippen LogP contribution in [0, 0.1) is 6.92 Å². The lowest BCUT2D eigenvalue weighted by Gasteiger charge is -2.21. The highest BCUT2D eigenvalue weighted by Gasteiger charge is 2.25. The first-order chi connectivity index (χ1) is 19.5. The number of amides is 2. The van der Waals surface area contributed by atoms with Crippen LogP contribution in [0.15, 0.2) is 78.9 Å². The van der Waals surface area contributed by atoms with E-state index in [1.54, 1.807) is 0 Å². The molecule has 0 bridgehead atoms. The Morgan fingerprint density at radius 3 is 2.35 bits per heavy atom. The van der Waals surface area contributed by atoms with Crippen molar-refractivity contribution in [2.75, 3.05) is 29.9 Å². The first-order valence-electron chi connectivity index (χ1n) is 14.4. The molecule has 1 saturated heterocycles. The number of nitrogens with zero attached hydrogens (tertiary/aromatic N) is 2. The molecule has 0 unspecified atom stereocenters. The number of carbonyl (C=O) groups is 2. The number of fused-ring (bicyclic) bond motifs is 1. The second kappa shape index (κ2) is 11.5. The van der Waals surface area contributed by atoms with Crippen LogP contribution >= 0.6 is 0 Å². The van der Waals surface area contributed by atoms with Gasteiger partial charge in [0.2, 0.25) is 0 Å². The quantitative estimate of drug-likeness (QED) is 0.286. The van der Waals surface area contributed by atoms with E-state index in [4.69, 9.17) is 0 Å². The van der Waals surface area contributed by atoms with Crippen molar-refractivity contribution in [1.82, 2.24) is 9.88 Å². The molecule has 0 spiro atoms. The molecule has 1 aromatic heterocycles. The first-order valence-corrected chi connectivity index (χ1v) is 14.4. The second-order valence-corrected chi connectivity index (χ2v) is 11.0. The average Bonchev–Trinajstić information content (AvgIpc) is 3.59. The highest BCUT2D eigenvalue weighted by molar-refractivity contribution is 6.09. The monoisotopic (exact) mass is 532 g/mol. The van der Waals surface area contributed by atoms with Gasteiger partial charge < -0.3 is 15.2 Å². The fourth-order valence-electron chi connectivity index (χ4n) is 5.86. The van der Waals surface area contributed by atoms with Crippen LogP contribution in [0.5, 0.6) is 0 Å². The van der Waals surface area contributed by atoms with Crippen LogP contribution in [-0.2, 0) is 13.0 Å². The summed E-state index contributed by atoms with van der Waals surface area (Å²) in [5.74, 6) is -0.178. The van der Waals surface area contributed by atoms with Crippen LogP contribution in [0.1, 0.15) is 63.4 Å². The van der Waals surface area contributed by atoms with Crippen molar-refractivity contribution in [3.8, 4) is 11.1 Å². The van der Waals surface area contributed by atoms with Gasteiger partial charge in [0.05, 0.1) is 5.69 Å². The molecule has 4 aromatic rings. The molecular weight excluding hydrogens is 496 g/mol. The van der Waals surface area contributed by atoms with Crippen molar-refractivity contribution < 1.29 is 9.59 Å². The number of likely N-dealkylation sites (tertiary alicyclic amines) is 1. The number of rotatable bonds is 6. The minimum atomic E-state index is -0.176. The predicted octanol–water partition coefficient (Wildman–Crippen LogP) is 6.82. The Morgan fingerprint density at radius 2 is 1.57 bits per heavy atom. The number of hydrogen-bond donors (Lipinski definition) is 2. The Hall–Kier alpha value is -4.16. The Morgan fingerprint density at radius 1 is 0.850 bits per heavy atom. The van der Waals surface area contributed by atoms with E-state index in [0.29, 0.717) is 23.4 Å². The maximum Gasteiger partial charge on any atom is 0.258 e. The summed E-state index contributed by atoms with van der Waals surface area (Å²) >= 11 is 0. The summed E-state index contributed by atoms with van der Waals surface area (Å²) in [6.07, 6.45) is 5.54. The largest absolute Gasteiger partial charge is 0.359 e. The second-order valence-electron chi connectivity index (χ2n) is 11.0. The summed E-state index contributed by atoms with van der Waals surface area (Å²) in [5.41, 5.74) is 8.33. The minimum Gasteiger partial charge on any atom is -0.359 e. The third-order valence-electron chi connectivity index (χ3n) is 8.04. The summed E-state index contributed by atoms with van der Waals surface area (Å²) in [6.45, 7) is 5.96. The molecule has 2 aliphatic rings. The van der Waals surface area contributed by atoms with Crippen molar-refractivity contribution in [2.45, 2.75) is 45.6 Å². The number of aryl methyl sites for hydroxylation is 2. The molecule has 0 atom stereocenters. The average molecular weight is 533 g/mol. The van der Waals surface area contributed by atoms with E-state index in [9.17, 15) is 9.59 Å². The van der Waals surface area contributed by atoms with E-state index >= 15 is 0 Å². The first kappa shape index (κ1) is 26.1. The zero-order valence-electron chi connectivity index (χ0n) is 23.1. The van der Waals surface area contributed by atoms with Gasteiger partial charge in [-0.2, -0.15) is 0 Å². The molecule has 0 radical (unpaired) electrons. The highest BCUT2D eigenvalue weighted by atomic mass is 16.2. The van der Waals surface area contributed by atoms with Gasteiger partial charge in [-0.15, -0.1) is 0 Å². The van der Waals surface area contributed by atoms with E-state index in [1.807, 2.05) is 72.5 Å². The van der Waals surface area contributed by atoms with Gasteiger partial charge >= 0.3 is 0 Å². The number of carbonyl (C=O) groups excluding carboxylic acids is 2. The van der Waals surface area contributed by atoms with Crippen LogP contribution in [-0.4, -0.2) is 41.3 Å². The number of aromatic nitrogens is 1. The maximum atomic E-state index is 13.7. The molecule has 6 rings (SSSR count). The predicted molar refractivity (Wildman–Crippen MR) is 161 cm³/mol. The Labute approximate surface area is 236 Å². The summed E-state index contributed by atoms with van der Waals surface area (Å²) in [4.78, 5) is 34.9. The summed E-state index contributed by atoms with van der Waals surface area (Å²) in [7, 11) is 0. The van der Waals surface area contributed by atoms with E-state index in [0.717, 1.165) is 61.4 Å². The topological polar surface area (TPSA) is 68.4 Å². The lowest BCUT2D eigenvalue weighted by atomic mass is 9.98. The van der Waals surface area contributed by atoms with E-state index in [-0.39, 0.29) is 11.8 Å². The number of benzene rings is 3. The van der Waals surface area contributed by atoms with Crippen LogP contribution < -0.4 is 10.2 Å². The molecule has 1 fully saturated rings. The molecule has 0 saturated carbocycles. The van der Waals surface area contributed by atoms with Crippen LogP contribution in [0.4, 0.5) is 11.4 Å². The van der Waals surface area contributed by atoms with Gasteiger partial charge in [0.25, 0.3) is 11.8 Å². The van der Waals surface area contributed by atoms with E-state index < -0.39 is 0 Å². The van der Waals surface area contributed by atoms with Gasteiger partial charge in [-0.25, -0.2) is 0 Å². The van der Waals surface area contributed by atoms with Crippen molar-refractivity contribution in [2.24, 2.45) is 0 Å². The summed E-state index contributed by atoms with van der Waals surface area (Å²) in [5, 5.41) is 3.02. The summed E-state index contributed by atoms with van der Waals surface area (Å²) < 4.78 is 0. The number of H-pyrrole nitrogens is 1. The molecular formula is C34H36N4O2. The number of nitrogens with one attached hydrogen (secondary N) is 2. The molecule has 6 nitrogen and oxygen atoms in total. The molecule has 2 amide bonds. The lowest BCUT2D eigenvalue weighted by molar-refractivity contribution is 0.0985. The number of aromatic amines is 1. The number of hydrogen-bond acceptors (Lipinski definition) is 3. The van der Waals surface area contributed by atoms with Gasteiger partial charge in [0.15, 0.2) is 0 Å². The van der Waals surface area contributed by atoms with Gasteiger partial charge in [0.1, 0.15) is 0 Å². The van der Waals surface area contributed by atoms with Crippen LogP contribution in [0.2, 0.25) is 0 Å². The molecule has 3 aromatic carbocycles. The van der Waals surface area contributed by atoms with Gasteiger partial charge in [0, 0.05) is 41.3 Å². The van der Waals surface area contributed by atoms with Crippen LogP contribution in [0.3, 0.4) is 0 Å².